The summed E-state index contributed by atoms with van der Waals surface area (Å²) < 4.78 is 29.7. The van der Waals surface area contributed by atoms with Crippen LogP contribution in [0.15, 0.2) is 23.3 Å². The molecule has 0 aromatic rings. The molecule has 2 aliphatic heterocycles. The van der Waals surface area contributed by atoms with E-state index in [1.165, 1.54) is 11.1 Å². The second-order valence-corrected chi connectivity index (χ2v) is 20.9. The molecular formula is C44H70O14. The van der Waals surface area contributed by atoms with Crippen molar-refractivity contribution in [2.75, 3.05) is 19.8 Å². The Morgan fingerprint density at radius 3 is 2.16 bits per heavy atom. The van der Waals surface area contributed by atoms with Crippen LogP contribution in [0.3, 0.4) is 0 Å². The minimum absolute atomic E-state index is 0.00203. The van der Waals surface area contributed by atoms with E-state index in [-0.39, 0.29) is 46.7 Å². The fourth-order valence-corrected chi connectivity index (χ4v) is 13.3. The lowest BCUT2D eigenvalue weighted by Gasteiger charge is -2.70. The maximum absolute atomic E-state index is 12.0. The van der Waals surface area contributed by atoms with E-state index in [0.29, 0.717) is 12.8 Å². The molecule has 0 radical (unpaired) electrons. The number of hydrogen-bond acceptors (Lipinski definition) is 14. The summed E-state index contributed by atoms with van der Waals surface area (Å²) in [5.74, 6) is -0.674. The zero-order chi connectivity index (χ0) is 42.5. The molecule has 7 aliphatic rings. The number of carbonyl (C=O) groups is 1. The van der Waals surface area contributed by atoms with Gasteiger partial charge in [0, 0.05) is 23.2 Å². The van der Waals surface area contributed by atoms with Crippen LogP contribution in [-0.4, -0.2) is 140 Å². The molecule has 330 valence electrons. The predicted octanol–water partition coefficient (Wildman–Crippen LogP) is 2.25. The molecule has 58 heavy (non-hydrogen) atoms. The maximum atomic E-state index is 12.0. The lowest BCUT2D eigenvalue weighted by Crippen LogP contribution is -2.67. The van der Waals surface area contributed by atoms with Gasteiger partial charge in [-0.1, -0.05) is 59.3 Å². The Kier molecular flexibility index (Phi) is 11.8. The molecule has 0 spiro atoms. The van der Waals surface area contributed by atoms with E-state index in [0.717, 1.165) is 45.4 Å². The Morgan fingerprint density at radius 1 is 0.810 bits per heavy atom. The Bertz CT molecular complexity index is 1620. The van der Waals surface area contributed by atoms with E-state index >= 15 is 0 Å². The number of aliphatic hydroxyl groups excluding tert-OH is 8. The first-order valence-corrected chi connectivity index (χ1v) is 21.5. The van der Waals surface area contributed by atoms with Crippen molar-refractivity contribution >= 4 is 5.97 Å². The summed E-state index contributed by atoms with van der Waals surface area (Å²) in [6, 6.07) is 0. The standard InChI is InChI=1S/C44H70O14/c1-22-31(50)35(58-38-36(55-23(2)48)33(52)32(51)26(19-45)56-38)34(53)37(54-22)57-30-12-13-40(5)27(41(30,6)20-46)11-14-42(7)28(40)10-9-24-25-17-39(3,4)15-16-44(25,21-47)29(49)18-43(24,42)8/h9-10,22,26-38,45-47,49-53H,11-21H2,1-8H3/t22-,26-,27-,28-,29-,30+,31+,32-,33+,34-,35+,36-,37+,38+,40+,41+,42-,43-,44-/m1/s1. The first kappa shape index (κ1) is 44.5. The minimum atomic E-state index is -1.70. The molecule has 0 amide bonds. The fourth-order valence-electron chi connectivity index (χ4n) is 13.3. The van der Waals surface area contributed by atoms with E-state index < -0.39 is 97.0 Å². The summed E-state index contributed by atoms with van der Waals surface area (Å²) in [5.41, 5.74) is 0.374. The van der Waals surface area contributed by atoms with Gasteiger partial charge in [-0.2, -0.15) is 0 Å². The van der Waals surface area contributed by atoms with Gasteiger partial charge in [0.1, 0.15) is 36.6 Å². The number of allylic oxidation sites excluding steroid dienone is 3. The molecule has 14 heteroatoms. The number of ether oxygens (including phenoxy) is 5. The van der Waals surface area contributed by atoms with Crippen molar-refractivity contribution in [3.63, 3.8) is 0 Å². The molecule has 2 saturated heterocycles. The topological polar surface area (TPSA) is 225 Å². The SMILES string of the molecule is CC(=O)O[C@H]1[C@H](O[C@H]2[C@@H](O)[C@@H](C)O[C@@H](O[C@H]3CC[C@@]4(C)[C@@H](CC[C@]5(C)[C@@H]4C=CC4=C6CC(C)(C)CC[C@]6(CO)[C@H](O)C[C@]45C)[C@]3(C)CO)[C@@H]2O)O[C@H](CO)[C@@H](O)[C@@H]1O. The summed E-state index contributed by atoms with van der Waals surface area (Å²) in [7, 11) is 0. The number of carbonyl (C=O) groups excluding carboxylic acids is 1. The fraction of sp³-hybridized carbons (Fsp3) is 0.886. The summed E-state index contributed by atoms with van der Waals surface area (Å²) in [5, 5.41) is 88.2. The van der Waals surface area contributed by atoms with Crippen molar-refractivity contribution in [3.05, 3.63) is 23.3 Å². The second-order valence-electron chi connectivity index (χ2n) is 20.9. The van der Waals surface area contributed by atoms with Gasteiger partial charge in [-0.05, 0) is 91.9 Å². The van der Waals surface area contributed by atoms with Crippen molar-refractivity contribution < 1.29 is 69.3 Å². The highest BCUT2D eigenvalue weighted by Crippen LogP contribution is 2.74. The van der Waals surface area contributed by atoms with Gasteiger partial charge in [0.25, 0.3) is 0 Å². The highest BCUT2D eigenvalue weighted by atomic mass is 16.7. The van der Waals surface area contributed by atoms with Crippen molar-refractivity contribution in [2.24, 2.45) is 44.3 Å². The number of fused-ring (bicyclic) bond motifs is 6. The molecule has 7 rings (SSSR count). The summed E-state index contributed by atoms with van der Waals surface area (Å²) in [4.78, 5) is 11.9. The molecule has 8 N–H and O–H groups in total. The maximum Gasteiger partial charge on any atom is 0.303 e. The predicted molar refractivity (Wildman–Crippen MR) is 208 cm³/mol. The average Bonchev–Trinajstić information content (AvgIpc) is 3.16. The molecule has 0 unspecified atom stereocenters. The molecular weight excluding hydrogens is 752 g/mol. The Hall–Kier alpha value is -1.53. The molecule has 5 aliphatic carbocycles. The molecule has 0 bridgehead atoms. The molecule has 0 aromatic carbocycles. The lowest BCUT2D eigenvalue weighted by molar-refractivity contribution is -0.367. The van der Waals surface area contributed by atoms with Crippen LogP contribution >= 0.6 is 0 Å². The largest absolute Gasteiger partial charge is 0.454 e. The van der Waals surface area contributed by atoms with Crippen LogP contribution in [0.2, 0.25) is 0 Å². The van der Waals surface area contributed by atoms with Crippen LogP contribution in [0, 0.1) is 44.3 Å². The number of esters is 1. The smallest absolute Gasteiger partial charge is 0.303 e. The van der Waals surface area contributed by atoms with E-state index in [1.807, 2.05) is 6.92 Å². The van der Waals surface area contributed by atoms with E-state index in [2.05, 4.69) is 46.8 Å². The normalized spacial score (nSPS) is 52.6. The van der Waals surface area contributed by atoms with Crippen LogP contribution in [0.1, 0.15) is 107 Å². The molecule has 3 saturated carbocycles. The highest BCUT2D eigenvalue weighted by Gasteiger charge is 2.69. The van der Waals surface area contributed by atoms with Gasteiger partial charge in [-0.15, -0.1) is 0 Å². The van der Waals surface area contributed by atoms with Gasteiger partial charge >= 0.3 is 5.97 Å². The van der Waals surface area contributed by atoms with Crippen LogP contribution < -0.4 is 0 Å². The van der Waals surface area contributed by atoms with Crippen LogP contribution in [-0.2, 0) is 28.5 Å². The van der Waals surface area contributed by atoms with Crippen molar-refractivity contribution in [2.45, 2.75) is 180 Å². The summed E-state index contributed by atoms with van der Waals surface area (Å²) >= 11 is 0. The molecule has 0 aromatic heterocycles. The van der Waals surface area contributed by atoms with Crippen molar-refractivity contribution in [1.82, 2.24) is 0 Å². The van der Waals surface area contributed by atoms with E-state index in [1.54, 1.807) is 6.92 Å². The third-order valence-electron chi connectivity index (χ3n) is 17.1. The van der Waals surface area contributed by atoms with Crippen molar-refractivity contribution in [1.29, 1.82) is 0 Å². The third kappa shape index (κ3) is 6.61. The highest BCUT2D eigenvalue weighted by molar-refractivity contribution is 5.66. The average molecular weight is 823 g/mol. The number of hydrogen-bond donors (Lipinski definition) is 8. The first-order valence-electron chi connectivity index (χ1n) is 21.5. The van der Waals surface area contributed by atoms with Gasteiger partial charge in [-0.25, -0.2) is 0 Å². The zero-order valence-electron chi connectivity index (χ0n) is 35.5. The zero-order valence-corrected chi connectivity index (χ0v) is 35.5. The van der Waals surface area contributed by atoms with Gasteiger partial charge in [0.15, 0.2) is 18.7 Å². The van der Waals surface area contributed by atoms with Gasteiger partial charge < -0.3 is 64.5 Å². The van der Waals surface area contributed by atoms with Crippen molar-refractivity contribution in [3.8, 4) is 0 Å². The summed E-state index contributed by atoms with van der Waals surface area (Å²) in [6.45, 7) is 15.4. The van der Waals surface area contributed by atoms with Gasteiger partial charge in [0.2, 0.25) is 0 Å². The minimum Gasteiger partial charge on any atom is -0.454 e. The van der Waals surface area contributed by atoms with Crippen LogP contribution in [0.5, 0.6) is 0 Å². The van der Waals surface area contributed by atoms with Gasteiger partial charge in [0.05, 0.1) is 38.1 Å². The number of aliphatic hydroxyl groups is 8. The van der Waals surface area contributed by atoms with E-state index in [4.69, 9.17) is 23.7 Å². The van der Waals surface area contributed by atoms with E-state index in [9.17, 15) is 45.6 Å². The lowest BCUT2D eigenvalue weighted by atomic mass is 9.35. The molecule has 19 atom stereocenters. The Morgan fingerprint density at radius 2 is 1.52 bits per heavy atom. The molecule has 14 nitrogen and oxygen atoms in total. The quantitative estimate of drug-likeness (QED) is 0.130. The third-order valence-corrected chi connectivity index (χ3v) is 17.1. The van der Waals surface area contributed by atoms with Gasteiger partial charge in [-0.3, -0.25) is 4.79 Å². The Balaban J connectivity index is 1.15. The monoisotopic (exact) mass is 822 g/mol. The van der Waals surface area contributed by atoms with Crippen LogP contribution in [0.4, 0.5) is 0 Å². The summed E-state index contributed by atoms with van der Waals surface area (Å²) in [6.07, 6.45) is -4.82. The molecule has 2 heterocycles. The second kappa shape index (κ2) is 15.4. The Labute approximate surface area is 342 Å². The number of rotatable bonds is 8. The molecule has 5 fully saturated rings. The first-order chi connectivity index (χ1) is 27.1. The van der Waals surface area contributed by atoms with Crippen LogP contribution in [0.25, 0.3) is 0 Å².